The smallest absolute Gasteiger partial charge is 0.325 e. The van der Waals surface area contributed by atoms with Crippen LogP contribution in [-0.4, -0.2) is 37.5 Å². The molecule has 2 aromatic carbocycles. The fourth-order valence-corrected chi connectivity index (χ4v) is 2.41. The van der Waals surface area contributed by atoms with E-state index < -0.39 is 11.9 Å². The number of hydrogen-bond donors (Lipinski definition) is 2. The van der Waals surface area contributed by atoms with E-state index >= 15 is 0 Å². The largest absolute Gasteiger partial charge is 0.454 e. The van der Waals surface area contributed by atoms with Crippen LogP contribution in [0.4, 0.5) is 0 Å². The molecule has 0 aromatic heterocycles. The molecule has 0 spiro atoms. The number of carbonyl (C=O) groups excluding carboxylic acids is 3. The molecule has 6 nitrogen and oxygen atoms in total. The van der Waals surface area contributed by atoms with Crippen molar-refractivity contribution >= 4 is 29.4 Å². The van der Waals surface area contributed by atoms with E-state index in [0.717, 1.165) is 11.1 Å². The molecule has 0 unspecified atom stereocenters. The molecule has 2 rings (SSSR count). The third kappa shape index (κ3) is 7.50. The highest BCUT2D eigenvalue weighted by atomic mass is 35.5. The van der Waals surface area contributed by atoms with Crippen LogP contribution in [0.5, 0.6) is 0 Å². The lowest BCUT2D eigenvalue weighted by Gasteiger charge is -2.08. The van der Waals surface area contributed by atoms with Gasteiger partial charge in [-0.3, -0.25) is 14.4 Å². The summed E-state index contributed by atoms with van der Waals surface area (Å²) in [7, 11) is 0. The van der Waals surface area contributed by atoms with Crippen molar-refractivity contribution in [3.63, 3.8) is 0 Å². The van der Waals surface area contributed by atoms with Gasteiger partial charge in [-0.2, -0.15) is 0 Å². The number of amides is 2. The summed E-state index contributed by atoms with van der Waals surface area (Å²) in [5.74, 6) is -1.45. The predicted molar refractivity (Wildman–Crippen MR) is 103 cm³/mol. The van der Waals surface area contributed by atoms with Gasteiger partial charge in [-0.25, -0.2) is 0 Å². The molecule has 7 heteroatoms. The molecule has 142 valence electrons. The van der Waals surface area contributed by atoms with E-state index in [-0.39, 0.29) is 19.1 Å². The first-order valence-electron chi connectivity index (χ1n) is 8.45. The first-order chi connectivity index (χ1) is 12.9. The SMILES string of the molecule is Cc1cccc(C(=O)NCC(=O)OCC(=O)NCCc2ccc(Cl)cc2)c1. The van der Waals surface area contributed by atoms with Gasteiger partial charge in [0.1, 0.15) is 6.54 Å². The Hall–Kier alpha value is -2.86. The van der Waals surface area contributed by atoms with Gasteiger partial charge in [-0.05, 0) is 43.2 Å². The van der Waals surface area contributed by atoms with Crippen molar-refractivity contribution in [3.05, 3.63) is 70.2 Å². The Bertz CT molecular complexity index is 806. The van der Waals surface area contributed by atoms with Crippen molar-refractivity contribution in [1.82, 2.24) is 10.6 Å². The Morgan fingerprint density at radius 3 is 2.48 bits per heavy atom. The highest BCUT2D eigenvalue weighted by Crippen LogP contribution is 2.09. The summed E-state index contributed by atoms with van der Waals surface area (Å²) in [5, 5.41) is 5.78. The van der Waals surface area contributed by atoms with Crippen molar-refractivity contribution in [2.45, 2.75) is 13.3 Å². The molecule has 0 bridgehead atoms. The molecule has 0 fully saturated rings. The Morgan fingerprint density at radius 2 is 1.78 bits per heavy atom. The highest BCUT2D eigenvalue weighted by molar-refractivity contribution is 6.30. The van der Waals surface area contributed by atoms with E-state index in [9.17, 15) is 14.4 Å². The van der Waals surface area contributed by atoms with Crippen molar-refractivity contribution in [2.75, 3.05) is 19.7 Å². The number of benzene rings is 2. The molecule has 0 radical (unpaired) electrons. The maximum Gasteiger partial charge on any atom is 0.325 e. The number of hydrogen-bond acceptors (Lipinski definition) is 4. The van der Waals surface area contributed by atoms with Gasteiger partial charge in [-0.1, -0.05) is 41.4 Å². The molecular weight excluding hydrogens is 368 g/mol. The fraction of sp³-hybridized carbons (Fsp3) is 0.250. The van der Waals surface area contributed by atoms with Gasteiger partial charge < -0.3 is 15.4 Å². The third-order valence-corrected chi connectivity index (χ3v) is 3.94. The normalized spacial score (nSPS) is 10.1. The molecule has 0 aliphatic heterocycles. The number of ether oxygens (including phenoxy) is 1. The van der Waals surface area contributed by atoms with Crippen LogP contribution < -0.4 is 10.6 Å². The van der Waals surface area contributed by atoms with Crippen molar-refractivity contribution in [3.8, 4) is 0 Å². The fourth-order valence-electron chi connectivity index (χ4n) is 2.29. The van der Waals surface area contributed by atoms with E-state index in [1.807, 2.05) is 25.1 Å². The highest BCUT2D eigenvalue weighted by Gasteiger charge is 2.10. The predicted octanol–water partition coefficient (Wildman–Crippen LogP) is 2.28. The first kappa shape index (κ1) is 20.5. The maximum atomic E-state index is 11.9. The molecule has 0 saturated heterocycles. The Morgan fingerprint density at radius 1 is 1.04 bits per heavy atom. The maximum absolute atomic E-state index is 11.9. The van der Waals surface area contributed by atoms with E-state index in [1.54, 1.807) is 30.3 Å². The van der Waals surface area contributed by atoms with Crippen molar-refractivity contribution in [1.29, 1.82) is 0 Å². The van der Waals surface area contributed by atoms with Crippen LogP contribution in [0, 0.1) is 6.92 Å². The van der Waals surface area contributed by atoms with Gasteiger partial charge in [0.2, 0.25) is 0 Å². The van der Waals surface area contributed by atoms with E-state index in [0.29, 0.717) is 23.6 Å². The average molecular weight is 389 g/mol. The second-order valence-electron chi connectivity index (χ2n) is 5.94. The summed E-state index contributed by atoms with van der Waals surface area (Å²) in [6.07, 6.45) is 0.642. The van der Waals surface area contributed by atoms with Gasteiger partial charge in [0.25, 0.3) is 11.8 Å². The lowest BCUT2D eigenvalue weighted by Crippen LogP contribution is -2.34. The quantitative estimate of drug-likeness (QED) is 0.679. The summed E-state index contributed by atoms with van der Waals surface area (Å²) in [6.45, 7) is 1.60. The summed E-state index contributed by atoms with van der Waals surface area (Å²) >= 11 is 5.81. The van der Waals surface area contributed by atoms with Crippen LogP contribution in [0.3, 0.4) is 0 Å². The Balaban J connectivity index is 1.62. The molecule has 0 heterocycles. The van der Waals surface area contributed by atoms with Crippen LogP contribution in [-0.2, 0) is 20.7 Å². The summed E-state index contributed by atoms with van der Waals surface area (Å²) < 4.78 is 4.85. The molecule has 0 saturated carbocycles. The minimum atomic E-state index is -0.677. The lowest BCUT2D eigenvalue weighted by atomic mass is 10.1. The standard InChI is InChI=1S/C20H21ClN2O4/c1-14-3-2-4-16(11-14)20(26)23-12-19(25)27-13-18(24)22-10-9-15-5-7-17(21)8-6-15/h2-8,11H,9-10,12-13H2,1H3,(H,22,24)(H,23,26). The van der Waals surface area contributed by atoms with Gasteiger partial charge in [0, 0.05) is 17.1 Å². The van der Waals surface area contributed by atoms with Crippen LogP contribution in [0.25, 0.3) is 0 Å². The Kier molecular flexibility index (Phi) is 7.82. The number of halogens is 1. The van der Waals surface area contributed by atoms with Gasteiger partial charge in [0.05, 0.1) is 0 Å². The van der Waals surface area contributed by atoms with Crippen LogP contribution >= 0.6 is 11.6 Å². The van der Waals surface area contributed by atoms with Gasteiger partial charge >= 0.3 is 5.97 Å². The zero-order chi connectivity index (χ0) is 19.6. The zero-order valence-corrected chi connectivity index (χ0v) is 15.7. The van der Waals surface area contributed by atoms with Crippen LogP contribution in [0.15, 0.2) is 48.5 Å². The number of esters is 1. The lowest BCUT2D eigenvalue weighted by molar-refractivity contribution is -0.147. The molecular formula is C20H21ClN2O4. The van der Waals surface area contributed by atoms with E-state index in [2.05, 4.69) is 10.6 Å². The second-order valence-corrected chi connectivity index (χ2v) is 6.38. The minimum absolute atomic E-state index is 0.301. The molecule has 0 aliphatic carbocycles. The topological polar surface area (TPSA) is 84.5 Å². The van der Waals surface area contributed by atoms with Crippen molar-refractivity contribution < 1.29 is 19.1 Å². The third-order valence-electron chi connectivity index (χ3n) is 3.69. The number of aryl methyl sites for hydroxylation is 1. The second kappa shape index (κ2) is 10.3. The monoisotopic (exact) mass is 388 g/mol. The van der Waals surface area contributed by atoms with Crippen LogP contribution in [0.2, 0.25) is 5.02 Å². The number of carbonyl (C=O) groups is 3. The number of rotatable bonds is 8. The molecule has 2 aromatic rings. The average Bonchev–Trinajstić information content (AvgIpc) is 2.66. The minimum Gasteiger partial charge on any atom is -0.454 e. The summed E-state index contributed by atoms with van der Waals surface area (Å²) in [5.41, 5.74) is 2.44. The van der Waals surface area contributed by atoms with E-state index in [4.69, 9.17) is 16.3 Å². The first-order valence-corrected chi connectivity index (χ1v) is 8.83. The molecule has 2 N–H and O–H groups in total. The molecule has 27 heavy (non-hydrogen) atoms. The number of nitrogens with one attached hydrogen (secondary N) is 2. The van der Waals surface area contributed by atoms with Gasteiger partial charge in [-0.15, -0.1) is 0 Å². The van der Waals surface area contributed by atoms with E-state index in [1.165, 1.54) is 0 Å². The zero-order valence-electron chi connectivity index (χ0n) is 15.0. The molecule has 0 atom stereocenters. The molecule has 2 amide bonds. The summed E-state index contributed by atoms with van der Waals surface area (Å²) in [6, 6.07) is 14.3. The summed E-state index contributed by atoms with van der Waals surface area (Å²) in [4.78, 5) is 35.3. The molecule has 0 aliphatic rings. The Labute approximate surface area is 162 Å². The van der Waals surface area contributed by atoms with Crippen molar-refractivity contribution in [2.24, 2.45) is 0 Å². The van der Waals surface area contributed by atoms with Gasteiger partial charge in [0.15, 0.2) is 6.61 Å². The van der Waals surface area contributed by atoms with Crippen LogP contribution in [0.1, 0.15) is 21.5 Å².